The Morgan fingerprint density at radius 2 is 0.960 bits per heavy atom. The molecule has 0 fully saturated rings. The Balaban J connectivity index is 2.84. The van der Waals surface area contributed by atoms with Gasteiger partial charge in [-0.1, -0.05) is 19.9 Å². The van der Waals surface area contributed by atoms with Crippen LogP contribution in [0.3, 0.4) is 0 Å². The zero-order valence-electron chi connectivity index (χ0n) is 17.7. The van der Waals surface area contributed by atoms with E-state index in [0.717, 1.165) is 0 Å². The smallest absolute Gasteiger partial charge is 0.0105 e. The molecule has 0 atom stereocenters. The molecule has 0 heterocycles. The summed E-state index contributed by atoms with van der Waals surface area (Å²) in [5.41, 5.74) is 13.1. The average Bonchev–Trinajstić information content (AvgIpc) is 2.54. The van der Waals surface area contributed by atoms with Gasteiger partial charge < -0.3 is 0 Å². The topological polar surface area (TPSA) is 0 Å². The van der Waals surface area contributed by atoms with Crippen molar-refractivity contribution in [1.29, 1.82) is 0 Å². The van der Waals surface area contributed by atoms with Crippen LogP contribution in [-0.2, 0) is 0 Å². The minimum Gasteiger partial charge on any atom is -0.0586 e. The highest BCUT2D eigenvalue weighted by Crippen LogP contribution is 2.44. The second kappa shape index (κ2) is 5.87. The molecule has 0 nitrogen and oxygen atoms in total. The van der Waals surface area contributed by atoms with Gasteiger partial charge in [-0.2, -0.15) is 0 Å². The molecule has 25 heavy (non-hydrogen) atoms. The summed E-state index contributed by atoms with van der Waals surface area (Å²) in [5, 5.41) is 5.98. The zero-order chi connectivity index (χ0) is 18.8. The first kappa shape index (κ1) is 18.0. The van der Waals surface area contributed by atoms with Crippen LogP contribution in [0.2, 0.25) is 0 Å². The van der Waals surface area contributed by atoms with Gasteiger partial charge in [-0.15, -0.1) is 0 Å². The molecule has 0 saturated carbocycles. The highest BCUT2D eigenvalue weighted by Gasteiger charge is 2.22. The first-order chi connectivity index (χ1) is 11.6. The van der Waals surface area contributed by atoms with E-state index in [4.69, 9.17) is 0 Å². The Morgan fingerprint density at radius 3 is 1.48 bits per heavy atom. The lowest BCUT2D eigenvalue weighted by atomic mass is 9.78. The molecule has 3 aromatic rings. The van der Waals surface area contributed by atoms with Gasteiger partial charge >= 0.3 is 0 Å². The molecule has 0 saturated heterocycles. The third-order valence-corrected chi connectivity index (χ3v) is 6.60. The number of hydrogen-bond donors (Lipinski definition) is 0. The van der Waals surface area contributed by atoms with E-state index in [-0.39, 0.29) is 0 Å². The second-order valence-electron chi connectivity index (χ2n) is 8.33. The minimum absolute atomic E-state index is 0.506. The summed E-state index contributed by atoms with van der Waals surface area (Å²) in [6.45, 7) is 23.1. The lowest BCUT2D eigenvalue weighted by Crippen LogP contribution is -2.04. The van der Waals surface area contributed by atoms with Gasteiger partial charge in [-0.3, -0.25) is 0 Å². The number of hydrogen-bond acceptors (Lipinski definition) is 0. The largest absolute Gasteiger partial charge is 0.0586 e. The maximum absolute atomic E-state index is 2.37. The van der Waals surface area contributed by atoms with E-state index in [2.05, 4.69) is 75.3 Å². The quantitative estimate of drug-likeness (QED) is 0.403. The molecule has 0 aromatic heterocycles. The van der Waals surface area contributed by atoms with Crippen molar-refractivity contribution in [2.45, 2.75) is 75.2 Å². The van der Waals surface area contributed by atoms with Gasteiger partial charge in [0.2, 0.25) is 0 Å². The van der Waals surface area contributed by atoms with Gasteiger partial charge in [0.25, 0.3) is 0 Å². The Bertz CT molecular complexity index is 1030. The highest BCUT2D eigenvalue weighted by atomic mass is 14.3. The highest BCUT2D eigenvalue weighted by molar-refractivity contribution is 6.11. The molecule has 0 unspecified atom stereocenters. The second-order valence-corrected chi connectivity index (χ2v) is 8.33. The summed E-state index contributed by atoms with van der Waals surface area (Å²) in [6, 6.07) is 2.37. The van der Waals surface area contributed by atoms with Crippen molar-refractivity contribution in [3.05, 3.63) is 56.1 Å². The minimum atomic E-state index is 0.506. The van der Waals surface area contributed by atoms with Crippen molar-refractivity contribution in [3.63, 3.8) is 0 Å². The van der Waals surface area contributed by atoms with Gasteiger partial charge in [-0.25, -0.2) is 0 Å². The number of benzene rings is 3. The zero-order valence-corrected chi connectivity index (χ0v) is 17.7. The maximum atomic E-state index is 2.37. The summed E-state index contributed by atoms with van der Waals surface area (Å²) in [7, 11) is 0. The molecule has 0 aliphatic heterocycles. The van der Waals surface area contributed by atoms with Crippen molar-refractivity contribution in [2.24, 2.45) is 0 Å². The van der Waals surface area contributed by atoms with Crippen molar-refractivity contribution in [2.75, 3.05) is 0 Å². The van der Waals surface area contributed by atoms with Crippen LogP contribution >= 0.6 is 0 Å². The van der Waals surface area contributed by atoms with E-state index in [1.807, 2.05) is 0 Å². The molecule has 132 valence electrons. The average molecular weight is 333 g/mol. The molecule has 0 aliphatic carbocycles. The monoisotopic (exact) mass is 332 g/mol. The molecule has 3 aromatic carbocycles. The van der Waals surface area contributed by atoms with Crippen molar-refractivity contribution >= 4 is 21.5 Å². The number of aryl methyl sites for hydroxylation is 6. The molecular formula is C25H32. The summed E-state index contributed by atoms with van der Waals surface area (Å²) in [5.74, 6) is 0.506. The number of rotatable bonds is 1. The van der Waals surface area contributed by atoms with Crippen LogP contribution in [0.25, 0.3) is 21.5 Å². The van der Waals surface area contributed by atoms with Gasteiger partial charge in [0.1, 0.15) is 0 Å². The van der Waals surface area contributed by atoms with E-state index in [1.165, 1.54) is 66.1 Å². The van der Waals surface area contributed by atoms with Crippen LogP contribution in [0, 0.1) is 55.4 Å². The van der Waals surface area contributed by atoms with Crippen molar-refractivity contribution in [3.8, 4) is 0 Å². The summed E-state index contributed by atoms with van der Waals surface area (Å²) < 4.78 is 0. The third-order valence-electron chi connectivity index (χ3n) is 6.60. The Kier molecular flexibility index (Phi) is 4.22. The lowest BCUT2D eigenvalue weighted by Gasteiger charge is -2.26. The van der Waals surface area contributed by atoms with Crippen molar-refractivity contribution in [1.82, 2.24) is 0 Å². The predicted octanol–water partition coefficient (Wildman–Crippen LogP) is 7.58. The molecule has 0 N–H and O–H groups in total. The molecule has 0 aliphatic rings. The van der Waals surface area contributed by atoms with Crippen LogP contribution < -0.4 is 0 Å². The standard InChI is InChI=1S/C25H32/c1-12(2)21-22-14(4)11-13(3)15(5)23(22)20(10)24-18(8)16(6)17(7)19(9)25(21)24/h11-12H,1-10H3. The molecule has 0 bridgehead atoms. The van der Waals surface area contributed by atoms with Gasteiger partial charge in [0, 0.05) is 0 Å². The first-order valence-electron chi connectivity index (χ1n) is 9.52. The van der Waals surface area contributed by atoms with Crippen molar-refractivity contribution < 1.29 is 0 Å². The van der Waals surface area contributed by atoms with E-state index in [0.29, 0.717) is 5.92 Å². The fraction of sp³-hybridized carbons (Fsp3) is 0.440. The van der Waals surface area contributed by atoms with Crippen LogP contribution in [0.5, 0.6) is 0 Å². The number of fused-ring (bicyclic) bond motifs is 2. The predicted molar refractivity (Wildman–Crippen MR) is 113 cm³/mol. The Labute approximate surface area is 153 Å². The first-order valence-corrected chi connectivity index (χ1v) is 9.52. The van der Waals surface area contributed by atoms with E-state index in [9.17, 15) is 0 Å². The van der Waals surface area contributed by atoms with Gasteiger partial charge in [-0.05, 0) is 133 Å². The van der Waals surface area contributed by atoms with Gasteiger partial charge in [0.05, 0.1) is 0 Å². The summed E-state index contributed by atoms with van der Waals surface area (Å²) >= 11 is 0. The van der Waals surface area contributed by atoms with E-state index >= 15 is 0 Å². The molecule has 0 radical (unpaired) electrons. The lowest BCUT2D eigenvalue weighted by molar-refractivity contribution is 0.883. The van der Waals surface area contributed by atoms with Crippen LogP contribution in [0.4, 0.5) is 0 Å². The fourth-order valence-electron chi connectivity index (χ4n) is 4.85. The Hall–Kier alpha value is -1.82. The molecule has 3 rings (SSSR count). The van der Waals surface area contributed by atoms with Gasteiger partial charge in [0.15, 0.2) is 0 Å². The normalized spacial score (nSPS) is 12.0. The van der Waals surface area contributed by atoms with Crippen LogP contribution in [0.1, 0.15) is 69.8 Å². The third kappa shape index (κ3) is 2.34. The SMILES string of the molecule is Cc1cc(C)c2c(C(C)C)c3c(C)c(C)c(C)c(C)c3c(C)c2c1C. The molecule has 0 heteroatoms. The van der Waals surface area contributed by atoms with Crippen LogP contribution in [-0.4, -0.2) is 0 Å². The summed E-state index contributed by atoms with van der Waals surface area (Å²) in [6.07, 6.45) is 0. The van der Waals surface area contributed by atoms with E-state index < -0.39 is 0 Å². The Morgan fingerprint density at radius 1 is 0.480 bits per heavy atom. The molecule has 0 spiro atoms. The molecular weight excluding hydrogens is 300 g/mol. The molecule has 0 amide bonds. The van der Waals surface area contributed by atoms with E-state index in [1.54, 1.807) is 5.56 Å². The maximum Gasteiger partial charge on any atom is -0.0105 e. The summed E-state index contributed by atoms with van der Waals surface area (Å²) in [4.78, 5) is 0. The van der Waals surface area contributed by atoms with Crippen LogP contribution in [0.15, 0.2) is 6.07 Å². The fourth-order valence-corrected chi connectivity index (χ4v) is 4.85.